The van der Waals surface area contributed by atoms with Crippen LogP contribution in [0.15, 0.2) is 24.5 Å². The van der Waals surface area contributed by atoms with Gasteiger partial charge in [-0.1, -0.05) is 15.9 Å². The molecule has 1 aromatic rings. The van der Waals surface area contributed by atoms with Gasteiger partial charge >= 0.3 is 0 Å². The third kappa shape index (κ3) is 3.52. The van der Waals surface area contributed by atoms with Gasteiger partial charge < -0.3 is 0 Å². The summed E-state index contributed by atoms with van der Waals surface area (Å²) in [4.78, 5) is 3.92. The van der Waals surface area contributed by atoms with E-state index < -0.39 is 10.0 Å². The van der Waals surface area contributed by atoms with Crippen molar-refractivity contribution >= 4 is 26.0 Å². The normalized spacial score (nSPS) is 21.3. The average Bonchev–Trinajstić information content (AvgIpc) is 2.87. The Kier molecular flexibility index (Phi) is 4.75. The van der Waals surface area contributed by atoms with Crippen molar-refractivity contribution in [1.29, 1.82) is 0 Å². The Hall–Kier alpha value is -0.460. The van der Waals surface area contributed by atoms with Crippen molar-refractivity contribution in [2.45, 2.75) is 12.8 Å². The minimum Gasteiger partial charge on any atom is -0.265 e. The van der Waals surface area contributed by atoms with Crippen LogP contribution < -0.4 is 0 Å². The van der Waals surface area contributed by atoms with Crippen molar-refractivity contribution in [1.82, 2.24) is 9.29 Å². The number of hydrogen-bond donors (Lipinski definition) is 0. The maximum Gasteiger partial charge on any atom is 0.214 e. The van der Waals surface area contributed by atoms with Gasteiger partial charge in [-0.3, -0.25) is 4.98 Å². The van der Waals surface area contributed by atoms with Crippen LogP contribution in [0.3, 0.4) is 0 Å². The number of sulfonamides is 1. The molecule has 1 aliphatic rings. The van der Waals surface area contributed by atoms with Gasteiger partial charge in [-0.05, 0) is 36.5 Å². The molecule has 1 unspecified atom stereocenters. The molecule has 18 heavy (non-hydrogen) atoms. The molecule has 0 N–H and O–H groups in total. The van der Waals surface area contributed by atoms with Gasteiger partial charge in [0.05, 0.1) is 5.75 Å². The summed E-state index contributed by atoms with van der Waals surface area (Å²) in [6.07, 6.45) is 4.90. The molecule has 0 saturated carbocycles. The summed E-state index contributed by atoms with van der Waals surface area (Å²) in [5.41, 5.74) is 1.02. The number of aromatic nitrogens is 1. The van der Waals surface area contributed by atoms with E-state index in [0.29, 0.717) is 25.4 Å². The zero-order valence-corrected chi connectivity index (χ0v) is 12.5. The summed E-state index contributed by atoms with van der Waals surface area (Å²) in [7, 11) is -3.11. The molecule has 100 valence electrons. The molecular formula is C12H17BrN2O2S. The highest BCUT2D eigenvalue weighted by atomic mass is 79.9. The van der Waals surface area contributed by atoms with Gasteiger partial charge in [0, 0.05) is 30.8 Å². The van der Waals surface area contributed by atoms with Gasteiger partial charge in [0.2, 0.25) is 10.0 Å². The third-order valence-corrected chi connectivity index (χ3v) is 6.01. The number of nitrogens with zero attached hydrogens (tertiary/aromatic N) is 2. The molecule has 0 bridgehead atoms. The largest absolute Gasteiger partial charge is 0.265 e. The van der Waals surface area contributed by atoms with E-state index >= 15 is 0 Å². The first kappa shape index (κ1) is 14.0. The monoisotopic (exact) mass is 332 g/mol. The molecule has 6 heteroatoms. The highest BCUT2D eigenvalue weighted by Crippen LogP contribution is 2.21. The molecule has 1 aliphatic heterocycles. The molecule has 4 nitrogen and oxygen atoms in total. The first-order valence-electron chi connectivity index (χ1n) is 6.04. The molecular weight excluding hydrogens is 316 g/mol. The molecule has 0 spiro atoms. The first-order valence-corrected chi connectivity index (χ1v) is 8.77. The lowest BCUT2D eigenvalue weighted by Crippen LogP contribution is -2.31. The van der Waals surface area contributed by atoms with Crippen LogP contribution in [0.1, 0.15) is 12.0 Å². The van der Waals surface area contributed by atoms with E-state index in [4.69, 9.17) is 0 Å². The second-order valence-corrected chi connectivity index (χ2v) is 7.32. The van der Waals surface area contributed by atoms with E-state index in [1.165, 1.54) is 0 Å². The lowest BCUT2D eigenvalue weighted by molar-refractivity contribution is 0.465. The van der Waals surface area contributed by atoms with Crippen LogP contribution in [0.4, 0.5) is 0 Å². The highest BCUT2D eigenvalue weighted by Gasteiger charge is 2.30. The number of pyridine rings is 1. The topological polar surface area (TPSA) is 50.3 Å². The number of hydrogen-bond acceptors (Lipinski definition) is 3. The molecule has 0 aliphatic carbocycles. The van der Waals surface area contributed by atoms with Gasteiger partial charge in [0.25, 0.3) is 0 Å². The van der Waals surface area contributed by atoms with Crippen molar-refractivity contribution in [3.63, 3.8) is 0 Å². The molecule has 0 amide bonds. The van der Waals surface area contributed by atoms with Crippen molar-refractivity contribution < 1.29 is 8.42 Å². The van der Waals surface area contributed by atoms with Crippen molar-refractivity contribution in [3.8, 4) is 0 Å². The van der Waals surface area contributed by atoms with E-state index in [1.54, 1.807) is 16.7 Å². The predicted octanol–water partition coefficient (Wildman–Crippen LogP) is 1.67. The van der Waals surface area contributed by atoms with Crippen LogP contribution in [0.2, 0.25) is 0 Å². The number of alkyl halides is 1. The third-order valence-electron chi connectivity index (χ3n) is 3.26. The second kappa shape index (κ2) is 6.12. The Morgan fingerprint density at radius 3 is 2.72 bits per heavy atom. The maximum absolute atomic E-state index is 12.2. The number of halogens is 1. The quantitative estimate of drug-likeness (QED) is 0.770. The number of rotatable bonds is 5. The minimum absolute atomic E-state index is 0.187. The van der Waals surface area contributed by atoms with Crippen LogP contribution in [-0.4, -0.2) is 41.9 Å². The highest BCUT2D eigenvalue weighted by molar-refractivity contribution is 9.09. The zero-order chi connectivity index (χ0) is 13.0. The Bertz CT molecular complexity index is 478. The van der Waals surface area contributed by atoms with Crippen LogP contribution >= 0.6 is 15.9 Å². The SMILES string of the molecule is O=S(=O)(CCc1ccncc1)N1CCC(CBr)C1. The van der Waals surface area contributed by atoms with Gasteiger partial charge in [0.15, 0.2) is 0 Å². The Morgan fingerprint density at radius 2 is 2.11 bits per heavy atom. The van der Waals surface area contributed by atoms with Crippen molar-refractivity contribution in [2.24, 2.45) is 5.92 Å². The minimum atomic E-state index is -3.11. The zero-order valence-electron chi connectivity index (χ0n) is 10.1. The standard InChI is InChI=1S/C12H17BrN2O2S/c13-9-12-3-7-15(10-12)18(16,17)8-4-11-1-5-14-6-2-11/h1-2,5-6,12H,3-4,7-10H2. The summed E-state index contributed by atoms with van der Waals surface area (Å²) < 4.78 is 26.0. The number of aryl methyl sites for hydroxylation is 1. The van der Waals surface area contributed by atoms with E-state index in [0.717, 1.165) is 17.3 Å². The smallest absolute Gasteiger partial charge is 0.214 e. The average molecular weight is 333 g/mol. The molecule has 1 atom stereocenters. The summed E-state index contributed by atoms with van der Waals surface area (Å²) in [6.45, 7) is 1.32. The Labute approximate surface area is 117 Å². The summed E-state index contributed by atoms with van der Waals surface area (Å²) in [6, 6.07) is 3.72. The maximum atomic E-state index is 12.2. The van der Waals surface area contributed by atoms with Gasteiger partial charge in [-0.15, -0.1) is 0 Å². The molecule has 2 rings (SSSR count). The fourth-order valence-corrected chi connectivity index (χ4v) is 4.20. The predicted molar refractivity (Wildman–Crippen MR) is 75.2 cm³/mol. The van der Waals surface area contributed by atoms with Gasteiger partial charge in [-0.2, -0.15) is 0 Å². The Morgan fingerprint density at radius 1 is 1.39 bits per heavy atom. The van der Waals surface area contributed by atoms with E-state index in [2.05, 4.69) is 20.9 Å². The summed E-state index contributed by atoms with van der Waals surface area (Å²) in [5, 5.41) is 0.878. The van der Waals surface area contributed by atoms with Crippen LogP contribution in [0.5, 0.6) is 0 Å². The molecule has 2 heterocycles. The lowest BCUT2D eigenvalue weighted by atomic mass is 10.2. The van der Waals surface area contributed by atoms with E-state index in [1.807, 2.05) is 12.1 Å². The van der Waals surface area contributed by atoms with Gasteiger partial charge in [-0.25, -0.2) is 12.7 Å². The lowest BCUT2D eigenvalue weighted by Gasteiger charge is -2.16. The second-order valence-electron chi connectivity index (χ2n) is 4.59. The van der Waals surface area contributed by atoms with Crippen LogP contribution in [0, 0.1) is 5.92 Å². The summed E-state index contributed by atoms with van der Waals surface area (Å²) >= 11 is 3.42. The van der Waals surface area contributed by atoms with Crippen molar-refractivity contribution in [2.75, 3.05) is 24.2 Å². The Balaban J connectivity index is 1.92. The molecule has 0 radical (unpaired) electrons. The fourth-order valence-electron chi connectivity index (χ4n) is 2.10. The van der Waals surface area contributed by atoms with E-state index in [9.17, 15) is 8.42 Å². The first-order chi connectivity index (χ1) is 8.62. The van der Waals surface area contributed by atoms with E-state index in [-0.39, 0.29) is 5.75 Å². The fraction of sp³-hybridized carbons (Fsp3) is 0.583. The van der Waals surface area contributed by atoms with Crippen LogP contribution in [0.25, 0.3) is 0 Å². The molecule has 1 aromatic heterocycles. The van der Waals surface area contributed by atoms with Gasteiger partial charge in [0.1, 0.15) is 0 Å². The van der Waals surface area contributed by atoms with Crippen molar-refractivity contribution in [3.05, 3.63) is 30.1 Å². The van der Waals surface area contributed by atoms with Crippen LogP contribution in [-0.2, 0) is 16.4 Å². The molecule has 1 saturated heterocycles. The molecule has 1 fully saturated rings. The molecule has 0 aromatic carbocycles. The summed E-state index contributed by atoms with van der Waals surface area (Å²) in [5.74, 6) is 0.646.